The molecule has 7 nitrogen and oxygen atoms in total. The third-order valence-corrected chi connectivity index (χ3v) is 5.72. The Bertz CT molecular complexity index is 855. The van der Waals surface area contributed by atoms with Gasteiger partial charge in [-0.1, -0.05) is 12.1 Å². The van der Waals surface area contributed by atoms with Crippen molar-refractivity contribution in [1.29, 1.82) is 0 Å². The van der Waals surface area contributed by atoms with E-state index in [0.717, 1.165) is 17.7 Å². The van der Waals surface area contributed by atoms with Crippen molar-refractivity contribution in [1.82, 2.24) is 19.8 Å². The van der Waals surface area contributed by atoms with E-state index in [1.54, 1.807) is 24.1 Å². The number of hydrogen-bond donors (Lipinski definition) is 2. The maximum atomic E-state index is 13.8. The van der Waals surface area contributed by atoms with Gasteiger partial charge in [0.1, 0.15) is 16.8 Å². The summed E-state index contributed by atoms with van der Waals surface area (Å²) in [7, 11) is -2.40. The molecule has 26 heavy (non-hydrogen) atoms. The molecule has 10 heteroatoms. The van der Waals surface area contributed by atoms with Crippen molar-refractivity contribution in [3.63, 3.8) is 0 Å². The molecule has 2 N–H and O–H groups in total. The highest BCUT2D eigenvalue weighted by molar-refractivity contribution is 7.98. The van der Waals surface area contributed by atoms with E-state index in [2.05, 4.69) is 15.1 Å². The van der Waals surface area contributed by atoms with E-state index in [9.17, 15) is 17.6 Å². The van der Waals surface area contributed by atoms with Crippen LogP contribution >= 0.6 is 11.8 Å². The number of carbonyl (C=O) groups is 1. The van der Waals surface area contributed by atoms with Gasteiger partial charge in [0.05, 0.1) is 6.20 Å². The highest BCUT2D eigenvalue weighted by atomic mass is 32.2. The van der Waals surface area contributed by atoms with Gasteiger partial charge in [-0.05, 0) is 30.6 Å². The maximum absolute atomic E-state index is 13.8. The first-order valence-electron chi connectivity index (χ1n) is 7.84. The molecular formula is C16H21FN4O3S2. The Kier molecular flexibility index (Phi) is 7.18. The average Bonchev–Trinajstić information content (AvgIpc) is 3.02. The molecule has 2 aromatic rings. The van der Waals surface area contributed by atoms with Gasteiger partial charge in [-0.3, -0.25) is 9.48 Å². The van der Waals surface area contributed by atoms with E-state index in [-0.39, 0.29) is 13.0 Å². The smallest absolute Gasteiger partial charge is 0.244 e. The highest BCUT2D eigenvalue weighted by Crippen LogP contribution is 2.15. The lowest BCUT2D eigenvalue weighted by molar-refractivity contribution is -0.122. The second-order valence-electron chi connectivity index (χ2n) is 5.63. The van der Waals surface area contributed by atoms with Crippen LogP contribution in [0.15, 0.2) is 41.6 Å². The standard InChI is InChI=1S/C16H21FN4O3S2/c1-21-11-12(10-19-21)9-18-16(22)14(7-8-25-2)20-26(23,24)15-6-4-3-5-13(15)17/h3-6,10-11,14,20H,7-9H2,1-2H3,(H,18,22). The number of thioether (sulfide) groups is 1. The zero-order valence-corrected chi connectivity index (χ0v) is 16.1. The molecule has 0 aliphatic carbocycles. The summed E-state index contributed by atoms with van der Waals surface area (Å²) in [6, 6.07) is 4.06. The van der Waals surface area contributed by atoms with Crippen LogP contribution < -0.4 is 10.0 Å². The van der Waals surface area contributed by atoms with E-state index in [0.29, 0.717) is 5.75 Å². The van der Waals surface area contributed by atoms with E-state index in [1.807, 2.05) is 6.26 Å². The Morgan fingerprint density at radius 2 is 2.12 bits per heavy atom. The molecule has 142 valence electrons. The van der Waals surface area contributed by atoms with Crippen molar-refractivity contribution >= 4 is 27.7 Å². The number of rotatable bonds is 9. The fourth-order valence-electron chi connectivity index (χ4n) is 2.27. The summed E-state index contributed by atoms with van der Waals surface area (Å²) in [5.74, 6) is -0.757. The summed E-state index contributed by atoms with van der Waals surface area (Å²) >= 11 is 1.49. The number of aryl methyl sites for hydroxylation is 1. The van der Waals surface area contributed by atoms with Gasteiger partial charge in [-0.2, -0.15) is 21.6 Å². The Balaban J connectivity index is 2.10. The number of benzene rings is 1. The maximum Gasteiger partial charge on any atom is 0.244 e. The third kappa shape index (κ3) is 5.55. The lowest BCUT2D eigenvalue weighted by atomic mass is 10.2. The van der Waals surface area contributed by atoms with Crippen molar-refractivity contribution in [3.05, 3.63) is 48.0 Å². The number of nitrogens with one attached hydrogen (secondary N) is 2. The summed E-state index contributed by atoms with van der Waals surface area (Å²) in [5.41, 5.74) is 0.793. The van der Waals surface area contributed by atoms with Crippen LogP contribution in [0.3, 0.4) is 0 Å². The van der Waals surface area contributed by atoms with Gasteiger partial charge < -0.3 is 5.32 Å². The topological polar surface area (TPSA) is 93.1 Å². The van der Waals surface area contributed by atoms with Crippen LogP contribution in [0.1, 0.15) is 12.0 Å². The van der Waals surface area contributed by atoms with Crippen LogP contribution in [-0.4, -0.2) is 42.2 Å². The van der Waals surface area contributed by atoms with Crippen LogP contribution in [0.25, 0.3) is 0 Å². The molecule has 1 amide bonds. The van der Waals surface area contributed by atoms with Gasteiger partial charge in [0.15, 0.2) is 0 Å². The molecule has 0 saturated heterocycles. The van der Waals surface area contributed by atoms with Gasteiger partial charge in [0.25, 0.3) is 0 Å². The van der Waals surface area contributed by atoms with Crippen molar-refractivity contribution in [2.45, 2.75) is 23.9 Å². The van der Waals surface area contributed by atoms with Gasteiger partial charge in [-0.25, -0.2) is 12.8 Å². The Morgan fingerprint density at radius 1 is 1.38 bits per heavy atom. The molecule has 0 bridgehead atoms. The molecule has 0 saturated carbocycles. The molecule has 1 aromatic heterocycles. The van der Waals surface area contributed by atoms with Gasteiger partial charge in [0, 0.05) is 25.4 Å². The minimum absolute atomic E-state index is 0.226. The normalized spacial score (nSPS) is 12.7. The molecule has 0 fully saturated rings. The first kappa shape index (κ1) is 20.4. The van der Waals surface area contributed by atoms with Crippen LogP contribution in [0.4, 0.5) is 4.39 Å². The molecule has 0 aliphatic rings. The van der Waals surface area contributed by atoms with Gasteiger partial charge in [-0.15, -0.1) is 0 Å². The Labute approximate surface area is 156 Å². The fraction of sp³-hybridized carbons (Fsp3) is 0.375. The number of sulfonamides is 1. The molecule has 1 atom stereocenters. The zero-order chi connectivity index (χ0) is 19.2. The van der Waals surface area contributed by atoms with Crippen LogP contribution in [-0.2, 0) is 28.4 Å². The van der Waals surface area contributed by atoms with Gasteiger partial charge >= 0.3 is 0 Å². The van der Waals surface area contributed by atoms with Crippen molar-refractivity contribution in [3.8, 4) is 0 Å². The molecule has 1 heterocycles. The second kappa shape index (κ2) is 9.15. The minimum atomic E-state index is -4.16. The second-order valence-corrected chi connectivity index (χ2v) is 8.29. The zero-order valence-electron chi connectivity index (χ0n) is 14.5. The first-order valence-corrected chi connectivity index (χ1v) is 10.7. The summed E-state index contributed by atoms with van der Waals surface area (Å²) in [6.45, 7) is 0.226. The lowest BCUT2D eigenvalue weighted by Crippen LogP contribution is -2.46. The van der Waals surface area contributed by atoms with Crippen molar-refractivity contribution < 1.29 is 17.6 Å². The summed E-state index contributed by atoms with van der Waals surface area (Å²) < 4.78 is 42.7. The predicted octanol–water partition coefficient (Wildman–Crippen LogP) is 1.28. The third-order valence-electron chi connectivity index (χ3n) is 3.58. The molecular weight excluding hydrogens is 379 g/mol. The number of nitrogens with zero attached hydrogens (tertiary/aromatic N) is 2. The molecule has 1 unspecified atom stereocenters. The van der Waals surface area contributed by atoms with E-state index < -0.39 is 32.7 Å². The SMILES string of the molecule is CSCCC(NS(=O)(=O)c1ccccc1F)C(=O)NCc1cnn(C)c1. The Morgan fingerprint density at radius 3 is 2.73 bits per heavy atom. The first-order chi connectivity index (χ1) is 12.3. The van der Waals surface area contributed by atoms with Crippen LogP contribution in [0.5, 0.6) is 0 Å². The van der Waals surface area contributed by atoms with Crippen LogP contribution in [0, 0.1) is 5.82 Å². The Hall–Kier alpha value is -1.91. The number of amides is 1. The molecule has 0 radical (unpaired) electrons. The molecule has 1 aromatic carbocycles. The number of carbonyl (C=O) groups excluding carboxylic acids is 1. The lowest BCUT2D eigenvalue weighted by Gasteiger charge is -2.18. The number of halogens is 1. The number of aromatic nitrogens is 2. The summed E-state index contributed by atoms with van der Waals surface area (Å²) in [4.78, 5) is 12.0. The van der Waals surface area contributed by atoms with Crippen molar-refractivity contribution in [2.24, 2.45) is 7.05 Å². The van der Waals surface area contributed by atoms with E-state index in [4.69, 9.17) is 0 Å². The molecule has 0 aliphatic heterocycles. The fourth-order valence-corrected chi connectivity index (χ4v) is 4.05. The van der Waals surface area contributed by atoms with E-state index in [1.165, 1.54) is 23.9 Å². The number of hydrogen-bond acceptors (Lipinski definition) is 5. The molecule has 0 spiro atoms. The van der Waals surface area contributed by atoms with Crippen molar-refractivity contribution in [2.75, 3.05) is 12.0 Å². The largest absolute Gasteiger partial charge is 0.351 e. The summed E-state index contributed by atoms with van der Waals surface area (Å²) in [5, 5.41) is 6.69. The average molecular weight is 401 g/mol. The van der Waals surface area contributed by atoms with Crippen LogP contribution in [0.2, 0.25) is 0 Å². The quantitative estimate of drug-likeness (QED) is 0.661. The summed E-state index contributed by atoms with van der Waals surface area (Å²) in [6.07, 6.45) is 5.51. The van der Waals surface area contributed by atoms with E-state index >= 15 is 0 Å². The predicted molar refractivity (Wildman–Crippen MR) is 98.6 cm³/mol. The van der Waals surface area contributed by atoms with Gasteiger partial charge in [0.2, 0.25) is 15.9 Å². The monoisotopic (exact) mass is 400 g/mol. The highest BCUT2D eigenvalue weighted by Gasteiger charge is 2.27. The minimum Gasteiger partial charge on any atom is -0.351 e. The molecule has 2 rings (SSSR count).